The lowest BCUT2D eigenvalue weighted by molar-refractivity contribution is -0.0712. The maximum absolute atomic E-state index is 13.1. The highest BCUT2D eigenvalue weighted by Crippen LogP contribution is 2.32. The standard InChI is InChI=1S/C31H32N2O4S/c1-32-30-12-9-25(17-26(30)18-29(31(32)34)24-7-10-28(11-8-24)38(2,35)36)22-5-3-21(4-6-22)23-13-15-33(16-14-23)27-19-37-20-27/h3-12,17-18,23,27H,13-16,19-20H2,1-2H3. The molecule has 0 radical (unpaired) electrons. The first kappa shape index (κ1) is 25.0. The zero-order valence-corrected chi connectivity index (χ0v) is 22.6. The van der Waals surface area contributed by atoms with E-state index in [1.807, 2.05) is 12.1 Å². The van der Waals surface area contributed by atoms with Crippen molar-refractivity contribution in [1.29, 1.82) is 0 Å². The predicted octanol–water partition coefficient (Wildman–Crippen LogP) is 4.85. The Balaban J connectivity index is 1.26. The number of aromatic nitrogens is 1. The van der Waals surface area contributed by atoms with Gasteiger partial charge in [-0.2, -0.15) is 0 Å². The lowest BCUT2D eigenvalue weighted by Gasteiger charge is -2.41. The van der Waals surface area contributed by atoms with Gasteiger partial charge in [0.25, 0.3) is 5.56 Å². The normalized spacial score (nSPS) is 17.5. The molecule has 2 saturated heterocycles. The Morgan fingerprint density at radius 2 is 1.45 bits per heavy atom. The van der Waals surface area contributed by atoms with E-state index < -0.39 is 9.84 Å². The lowest BCUT2D eigenvalue weighted by atomic mass is 9.88. The summed E-state index contributed by atoms with van der Waals surface area (Å²) in [5, 5.41) is 0.961. The van der Waals surface area contributed by atoms with Crippen LogP contribution < -0.4 is 5.56 Å². The Kier molecular flexibility index (Phi) is 6.46. The molecule has 2 aliphatic rings. The molecule has 1 aromatic heterocycles. The molecule has 3 aromatic carbocycles. The number of rotatable bonds is 5. The molecule has 7 heteroatoms. The van der Waals surface area contributed by atoms with Crippen LogP contribution in [0.5, 0.6) is 0 Å². The monoisotopic (exact) mass is 528 g/mol. The van der Waals surface area contributed by atoms with Crippen LogP contribution in [0.1, 0.15) is 24.3 Å². The molecule has 0 N–H and O–H groups in total. The molecule has 0 saturated carbocycles. The summed E-state index contributed by atoms with van der Waals surface area (Å²) in [6.45, 7) is 4.05. The number of ether oxygens (including phenoxy) is 1. The highest BCUT2D eigenvalue weighted by atomic mass is 32.2. The van der Waals surface area contributed by atoms with Gasteiger partial charge in [-0.25, -0.2) is 8.42 Å². The van der Waals surface area contributed by atoms with Gasteiger partial charge in [0.2, 0.25) is 0 Å². The van der Waals surface area contributed by atoms with Crippen molar-refractivity contribution in [3.8, 4) is 22.3 Å². The van der Waals surface area contributed by atoms with E-state index in [9.17, 15) is 13.2 Å². The summed E-state index contributed by atoms with van der Waals surface area (Å²) in [6, 6.07) is 24.2. The van der Waals surface area contributed by atoms with E-state index in [4.69, 9.17) is 4.74 Å². The quantitative estimate of drug-likeness (QED) is 0.370. The minimum atomic E-state index is -3.30. The summed E-state index contributed by atoms with van der Waals surface area (Å²) in [5.41, 5.74) is 5.64. The van der Waals surface area contributed by atoms with Crippen LogP contribution in [0.15, 0.2) is 82.5 Å². The summed E-state index contributed by atoms with van der Waals surface area (Å²) < 4.78 is 30.7. The van der Waals surface area contributed by atoms with Gasteiger partial charge in [0, 0.05) is 18.9 Å². The summed E-state index contributed by atoms with van der Waals surface area (Å²) in [4.78, 5) is 15.9. The summed E-state index contributed by atoms with van der Waals surface area (Å²) in [7, 11) is -1.52. The number of sulfone groups is 1. The average molecular weight is 529 g/mol. The number of likely N-dealkylation sites (tertiary alicyclic amines) is 1. The van der Waals surface area contributed by atoms with Gasteiger partial charge in [-0.05, 0) is 89.8 Å². The van der Waals surface area contributed by atoms with Crippen molar-refractivity contribution in [2.24, 2.45) is 7.05 Å². The fraction of sp³-hybridized carbons (Fsp3) is 0.323. The maximum atomic E-state index is 13.1. The SMILES string of the molecule is Cn1c(=O)c(-c2ccc(S(C)(=O)=O)cc2)cc2cc(-c3ccc(C4CCN(C5COC5)CC4)cc3)ccc21. The van der Waals surface area contributed by atoms with Crippen molar-refractivity contribution in [2.75, 3.05) is 32.6 Å². The van der Waals surface area contributed by atoms with Gasteiger partial charge in [0.1, 0.15) is 0 Å². The second-order valence-corrected chi connectivity index (χ2v) is 12.6. The molecule has 0 aliphatic carbocycles. The Bertz CT molecular complexity index is 1650. The van der Waals surface area contributed by atoms with Crippen molar-refractivity contribution in [3.05, 3.63) is 88.7 Å². The van der Waals surface area contributed by atoms with Crippen LogP contribution in [-0.2, 0) is 21.6 Å². The van der Waals surface area contributed by atoms with Crippen molar-refractivity contribution < 1.29 is 13.2 Å². The Morgan fingerprint density at radius 3 is 2.05 bits per heavy atom. The van der Waals surface area contributed by atoms with Crippen LogP contribution in [0.2, 0.25) is 0 Å². The van der Waals surface area contributed by atoms with Crippen molar-refractivity contribution in [3.63, 3.8) is 0 Å². The van der Waals surface area contributed by atoms with E-state index in [0.29, 0.717) is 23.1 Å². The zero-order chi connectivity index (χ0) is 26.4. The average Bonchev–Trinajstić information content (AvgIpc) is 2.90. The zero-order valence-electron chi connectivity index (χ0n) is 21.8. The van der Waals surface area contributed by atoms with Crippen molar-refractivity contribution >= 4 is 20.7 Å². The molecule has 6 nitrogen and oxygen atoms in total. The summed E-state index contributed by atoms with van der Waals surface area (Å²) in [6.07, 6.45) is 3.56. The third kappa shape index (κ3) is 4.70. The number of fused-ring (bicyclic) bond motifs is 1. The van der Waals surface area contributed by atoms with E-state index in [2.05, 4.69) is 41.3 Å². The Labute approximate surface area is 223 Å². The highest BCUT2D eigenvalue weighted by Gasteiger charge is 2.30. The number of hydrogen-bond donors (Lipinski definition) is 0. The van der Waals surface area contributed by atoms with E-state index in [-0.39, 0.29) is 10.5 Å². The van der Waals surface area contributed by atoms with Crippen molar-refractivity contribution in [1.82, 2.24) is 9.47 Å². The second-order valence-electron chi connectivity index (χ2n) is 10.6. The van der Waals surface area contributed by atoms with E-state index >= 15 is 0 Å². The molecule has 3 heterocycles. The fourth-order valence-electron chi connectivity index (χ4n) is 5.73. The fourth-order valence-corrected chi connectivity index (χ4v) is 6.36. The molecule has 0 unspecified atom stereocenters. The van der Waals surface area contributed by atoms with Crippen LogP contribution in [0, 0.1) is 0 Å². The van der Waals surface area contributed by atoms with E-state index in [0.717, 1.165) is 48.3 Å². The number of pyridine rings is 1. The van der Waals surface area contributed by atoms with Crippen molar-refractivity contribution in [2.45, 2.75) is 29.7 Å². The predicted molar refractivity (Wildman–Crippen MR) is 151 cm³/mol. The van der Waals surface area contributed by atoms with Crippen LogP contribution in [0.4, 0.5) is 0 Å². The minimum absolute atomic E-state index is 0.113. The largest absolute Gasteiger partial charge is 0.378 e. The maximum Gasteiger partial charge on any atom is 0.258 e. The highest BCUT2D eigenvalue weighted by molar-refractivity contribution is 7.90. The number of nitrogens with zero attached hydrogens (tertiary/aromatic N) is 2. The molecule has 196 valence electrons. The molecule has 0 atom stereocenters. The van der Waals surface area contributed by atoms with Gasteiger partial charge < -0.3 is 9.30 Å². The smallest absolute Gasteiger partial charge is 0.258 e. The first-order chi connectivity index (χ1) is 18.3. The van der Waals surface area contributed by atoms with E-state index in [1.165, 1.54) is 24.7 Å². The van der Waals surface area contributed by atoms with Gasteiger partial charge in [-0.3, -0.25) is 9.69 Å². The molecule has 2 fully saturated rings. The van der Waals surface area contributed by atoms with Gasteiger partial charge in [0.15, 0.2) is 9.84 Å². The third-order valence-corrected chi connectivity index (χ3v) is 9.33. The van der Waals surface area contributed by atoms with E-state index in [1.54, 1.807) is 35.9 Å². The molecule has 4 aromatic rings. The second kappa shape index (κ2) is 9.80. The molecule has 0 amide bonds. The molecule has 2 aliphatic heterocycles. The van der Waals surface area contributed by atoms with Gasteiger partial charge >= 0.3 is 0 Å². The first-order valence-electron chi connectivity index (χ1n) is 13.1. The van der Waals surface area contributed by atoms with Crippen LogP contribution >= 0.6 is 0 Å². The molecular formula is C31H32N2O4S. The minimum Gasteiger partial charge on any atom is -0.378 e. The lowest BCUT2D eigenvalue weighted by Crippen LogP contribution is -2.51. The van der Waals surface area contributed by atoms with Crippen LogP contribution in [0.3, 0.4) is 0 Å². The molecule has 38 heavy (non-hydrogen) atoms. The molecule has 0 spiro atoms. The number of hydrogen-bond acceptors (Lipinski definition) is 5. The first-order valence-corrected chi connectivity index (χ1v) is 15.0. The summed E-state index contributed by atoms with van der Waals surface area (Å²) >= 11 is 0. The number of benzene rings is 3. The topological polar surface area (TPSA) is 68.6 Å². The number of piperidine rings is 1. The van der Waals surface area contributed by atoms with Gasteiger partial charge in [0.05, 0.1) is 29.7 Å². The van der Waals surface area contributed by atoms with Gasteiger partial charge in [-0.15, -0.1) is 0 Å². The summed E-state index contributed by atoms with van der Waals surface area (Å²) in [5.74, 6) is 0.601. The van der Waals surface area contributed by atoms with Gasteiger partial charge in [-0.1, -0.05) is 42.5 Å². The molecule has 6 rings (SSSR count). The van der Waals surface area contributed by atoms with Crippen LogP contribution in [0.25, 0.3) is 33.2 Å². The molecular weight excluding hydrogens is 496 g/mol. The Hall–Kier alpha value is -3.26. The Morgan fingerprint density at radius 1 is 0.816 bits per heavy atom. The van der Waals surface area contributed by atoms with Crippen LogP contribution in [-0.4, -0.2) is 56.5 Å². The third-order valence-electron chi connectivity index (χ3n) is 8.20. The molecule has 0 bridgehead atoms. The number of aryl methyl sites for hydroxylation is 1.